The molecule has 0 radical (unpaired) electrons. The van der Waals surface area contributed by atoms with Gasteiger partial charge in [-0.25, -0.2) is 4.98 Å². The Labute approximate surface area is 98.9 Å². The molecule has 2 heterocycles. The second kappa shape index (κ2) is 4.39. The first kappa shape index (κ1) is 11.4. The number of pyridine rings is 1. The van der Waals surface area contributed by atoms with Crippen molar-refractivity contribution < 1.29 is 9.90 Å². The summed E-state index contributed by atoms with van der Waals surface area (Å²) >= 11 is 5.76. The molecule has 5 heteroatoms. The Balaban J connectivity index is 2.28. The summed E-state index contributed by atoms with van der Waals surface area (Å²) in [6, 6.07) is 1.73. The highest BCUT2D eigenvalue weighted by Crippen LogP contribution is 2.28. The molecule has 0 aromatic carbocycles. The predicted molar refractivity (Wildman–Crippen MR) is 61.5 cm³/mol. The van der Waals surface area contributed by atoms with E-state index in [-0.39, 0.29) is 18.4 Å². The van der Waals surface area contributed by atoms with E-state index in [0.717, 1.165) is 11.3 Å². The third-order valence-corrected chi connectivity index (χ3v) is 3.01. The molecule has 4 nitrogen and oxygen atoms in total. The molecular formula is C11H13ClN2O2. The van der Waals surface area contributed by atoms with Crippen molar-refractivity contribution in [3.8, 4) is 0 Å². The number of anilines is 1. The molecule has 0 spiro atoms. The lowest BCUT2D eigenvalue weighted by atomic mass is 10.1. The van der Waals surface area contributed by atoms with Gasteiger partial charge in [-0.1, -0.05) is 11.6 Å². The monoisotopic (exact) mass is 240 g/mol. The van der Waals surface area contributed by atoms with Gasteiger partial charge in [0.15, 0.2) is 0 Å². The molecule has 86 valence electrons. The number of amides is 1. The quantitative estimate of drug-likeness (QED) is 0.795. The summed E-state index contributed by atoms with van der Waals surface area (Å²) in [7, 11) is 0. The molecule has 1 unspecified atom stereocenters. The van der Waals surface area contributed by atoms with E-state index < -0.39 is 0 Å². The summed E-state index contributed by atoms with van der Waals surface area (Å²) in [6.07, 6.45) is 2.01. The normalized spacial score (nSPS) is 20.6. The van der Waals surface area contributed by atoms with Crippen molar-refractivity contribution in [1.82, 2.24) is 4.98 Å². The molecule has 1 aromatic rings. The molecule has 1 saturated heterocycles. The number of aryl methyl sites for hydroxylation is 1. The maximum Gasteiger partial charge on any atom is 0.227 e. The van der Waals surface area contributed by atoms with Gasteiger partial charge >= 0.3 is 0 Å². The van der Waals surface area contributed by atoms with Gasteiger partial charge in [-0.15, -0.1) is 0 Å². The van der Waals surface area contributed by atoms with Crippen LogP contribution in [0.4, 0.5) is 5.69 Å². The summed E-state index contributed by atoms with van der Waals surface area (Å²) in [5.74, 6) is 0.0638. The minimum absolute atomic E-state index is 0.0302. The van der Waals surface area contributed by atoms with Gasteiger partial charge in [0, 0.05) is 25.5 Å². The van der Waals surface area contributed by atoms with Crippen molar-refractivity contribution in [2.75, 3.05) is 18.1 Å². The zero-order valence-electron chi connectivity index (χ0n) is 8.98. The number of carbonyl (C=O) groups excluding carboxylic acids is 1. The second-order valence-electron chi connectivity index (χ2n) is 4.05. The number of aromatic nitrogens is 1. The van der Waals surface area contributed by atoms with Gasteiger partial charge in [0.25, 0.3) is 0 Å². The van der Waals surface area contributed by atoms with Crippen molar-refractivity contribution in [2.24, 2.45) is 5.92 Å². The lowest BCUT2D eigenvalue weighted by molar-refractivity contribution is -0.117. The average molecular weight is 241 g/mol. The molecule has 1 aliphatic rings. The minimum atomic E-state index is 0.0302. The van der Waals surface area contributed by atoms with Crippen LogP contribution in [0.1, 0.15) is 12.0 Å². The van der Waals surface area contributed by atoms with Crippen molar-refractivity contribution in [1.29, 1.82) is 0 Å². The smallest absolute Gasteiger partial charge is 0.227 e. The van der Waals surface area contributed by atoms with Crippen molar-refractivity contribution in [2.45, 2.75) is 13.3 Å². The summed E-state index contributed by atoms with van der Waals surface area (Å²) < 4.78 is 0. The Morgan fingerprint density at radius 2 is 2.44 bits per heavy atom. The Bertz CT molecular complexity index is 422. The molecule has 1 atom stereocenters. The molecule has 0 saturated carbocycles. The number of hydrogen-bond acceptors (Lipinski definition) is 3. The van der Waals surface area contributed by atoms with Crippen molar-refractivity contribution in [3.05, 3.63) is 23.0 Å². The highest BCUT2D eigenvalue weighted by atomic mass is 35.5. The third-order valence-electron chi connectivity index (χ3n) is 2.80. The summed E-state index contributed by atoms with van der Waals surface area (Å²) in [5, 5.41) is 9.47. The predicted octanol–water partition coefficient (Wildman–Crippen LogP) is 1.39. The minimum Gasteiger partial charge on any atom is -0.396 e. The van der Waals surface area contributed by atoms with E-state index >= 15 is 0 Å². The Morgan fingerprint density at radius 1 is 1.69 bits per heavy atom. The van der Waals surface area contributed by atoms with Crippen LogP contribution in [0.25, 0.3) is 0 Å². The average Bonchev–Trinajstić information content (AvgIpc) is 2.60. The van der Waals surface area contributed by atoms with Gasteiger partial charge in [-0.2, -0.15) is 0 Å². The molecule has 16 heavy (non-hydrogen) atoms. The van der Waals surface area contributed by atoms with E-state index in [9.17, 15) is 4.79 Å². The van der Waals surface area contributed by atoms with E-state index in [0.29, 0.717) is 18.1 Å². The largest absolute Gasteiger partial charge is 0.396 e. The van der Waals surface area contributed by atoms with Gasteiger partial charge in [0.1, 0.15) is 5.15 Å². The lowest BCUT2D eigenvalue weighted by Gasteiger charge is -2.18. The molecule has 2 rings (SSSR count). The molecule has 1 amide bonds. The van der Waals surface area contributed by atoms with Crippen LogP contribution in [0.15, 0.2) is 12.3 Å². The van der Waals surface area contributed by atoms with Crippen LogP contribution < -0.4 is 4.90 Å². The van der Waals surface area contributed by atoms with Crippen molar-refractivity contribution >= 4 is 23.2 Å². The molecule has 1 aliphatic heterocycles. The van der Waals surface area contributed by atoms with Gasteiger partial charge in [-0.05, 0) is 18.6 Å². The van der Waals surface area contributed by atoms with Crippen LogP contribution in [0, 0.1) is 12.8 Å². The van der Waals surface area contributed by atoms with Gasteiger partial charge < -0.3 is 10.0 Å². The van der Waals surface area contributed by atoms with E-state index in [1.54, 1.807) is 17.2 Å². The third kappa shape index (κ3) is 2.03. The number of aliphatic hydroxyl groups is 1. The molecule has 0 bridgehead atoms. The van der Waals surface area contributed by atoms with Crippen molar-refractivity contribution in [3.63, 3.8) is 0 Å². The van der Waals surface area contributed by atoms with Crippen LogP contribution >= 0.6 is 11.6 Å². The van der Waals surface area contributed by atoms with Crippen LogP contribution in [-0.2, 0) is 4.79 Å². The highest BCUT2D eigenvalue weighted by Gasteiger charge is 2.30. The highest BCUT2D eigenvalue weighted by molar-refractivity contribution is 6.29. The maximum atomic E-state index is 11.7. The Kier molecular flexibility index (Phi) is 3.12. The van der Waals surface area contributed by atoms with E-state index in [4.69, 9.17) is 16.7 Å². The number of rotatable bonds is 2. The molecule has 1 aromatic heterocycles. The first-order chi connectivity index (χ1) is 7.61. The number of hydrogen-bond donors (Lipinski definition) is 1. The summed E-state index contributed by atoms with van der Waals surface area (Å²) in [6.45, 7) is 2.49. The fourth-order valence-corrected chi connectivity index (χ4v) is 2.15. The molecular weight excluding hydrogens is 228 g/mol. The van der Waals surface area contributed by atoms with Crippen LogP contribution in [0.3, 0.4) is 0 Å². The standard InChI is InChI=1S/C11H13ClN2O2/c1-7-2-10(12)13-4-9(7)14-5-8(6-15)3-11(14)16/h2,4,8,15H,3,5-6H2,1H3. The Morgan fingerprint density at radius 3 is 3.00 bits per heavy atom. The number of aliphatic hydroxyl groups excluding tert-OH is 1. The summed E-state index contributed by atoms with van der Waals surface area (Å²) in [5.41, 5.74) is 1.71. The maximum absolute atomic E-state index is 11.7. The second-order valence-corrected chi connectivity index (χ2v) is 4.44. The van der Waals surface area contributed by atoms with Gasteiger partial charge in [0.05, 0.1) is 11.9 Å². The summed E-state index contributed by atoms with van der Waals surface area (Å²) in [4.78, 5) is 17.4. The first-order valence-electron chi connectivity index (χ1n) is 5.15. The van der Waals surface area contributed by atoms with Crippen LogP contribution in [0.5, 0.6) is 0 Å². The SMILES string of the molecule is Cc1cc(Cl)ncc1N1CC(CO)CC1=O. The number of carbonyl (C=O) groups is 1. The zero-order chi connectivity index (χ0) is 11.7. The fourth-order valence-electron chi connectivity index (χ4n) is 1.93. The van der Waals surface area contributed by atoms with E-state index in [1.807, 2.05) is 6.92 Å². The van der Waals surface area contributed by atoms with Crippen LogP contribution in [0.2, 0.25) is 5.15 Å². The van der Waals surface area contributed by atoms with Gasteiger partial charge in [-0.3, -0.25) is 4.79 Å². The van der Waals surface area contributed by atoms with Gasteiger partial charge in [0.2, 0.25) is 5.91 Å². The number of halogens is 1. The lowest BCUT2D eigenvalue weighted by Crippen LogP contribution is -2.25. The van der Waals surface area contributed by atoms with Crippen LogP contribution in [-0.4, -0.2) is 29.1 Å². The molecule has 1 N–H and O–H groups in total. The number of nitrogens with zero attached hydrogens (tertiary/aromatic N) is 2. The first-order valence-corrected chi connectivity index (χ1v) is 5.53. The molecule has 0 aliphatic carbocycles. The molecule has 1 fully saturated rings. The van der Waals surface area contributed by atoms with E-state index in [2.05, 4.69) is 4.98 Å². The Hall–Kier alpha value is -1.13. The fraction of sp³-hybridized carbons (Fsp3) is 0.455. The zero-order valence-corrected chi connectivity index (χ0v) is 9.74. The van der Waals surface area contributed by atoms with E-state index in [1.165, 1.54) is 0 Å². The topological polar surface area (TPSA) is 53.4 Å².